The van der Waals surface area contributed by atoms with Gasteiger partial charge in [0.1, 0.15) is 11.6 Å². The predicted molar refractivity (Wildman–Crippen MR) is 106 cm³/mol. The summed E-state index contributed by atoms with van der Waals surface area (Å²) in [7, 11) is 0. The number of nitro benzene ring substituents is 1. The van der Waals surface area contributed by atoms with Crippen molar-refractivity contribution < 1.29 is 28.1 Å². The molecule has 0 spiro atoms. The van der Waals surface area contributed by atoms with Crippen molar-refractivity contribution >= 4 is 23.3 Å². The van der Waals surface area contributed by atoms with E-state index in [1.165, 1.54) is 31.2 Å². The molecule has 2 atom stereocenters. The number of benzene rings is 2. The Hall–Kier alpha value is -3.73. The molecule has 0 saturated heterocycles. The van der Waals surface area contributed by atoms with E-state index >= 15 is 0 Å². The lowest BCUT2D eigenvalue weighted by atomic mass is 9.84. The second-order valence-electron chi connectivity index (χ2n) is 7.04. The SMILES string of the molecule is C[C@H](NC(=O)Cc1cc(F)cc(F)c1)C(=O)[C@@](N)(Cc1ccc([N+](=O)[O-])cc1)C(N)=O. The zero-order chi connectivity index (χ0) is 23.3. The third-order valence-electron chi connectivity index (χ3n) is 4.57. The van der Waals surface area contributed by atoms with Crippen LogP contribution < -0.4 is 16.8 Å². The Kier molecular flexibility index (Phi) is 7.13. The zero-order valence-electron chi connectivity index (χ0n) is 16.4. The van der Waals surface area contributed by atoms with Crippen molar-refractivity contribution in [3.8, 4) is 0 Å². The average Bonchev–Trinajstić information content (AvgIpc) is 2.66. The number of halogens is 2. The number of carbonyl (C=O) groups excluding carboxylic acids is 3. The van der Waals surface area contributed by atoms with Gasteiger partial charge < -0.3 is 16.8 Å². The van der Waals surface area contributed by atoms with E-state index < -0.39 is 52.2 Å². The van der Waals surface area contributed by atoms with E-state index in [1.54, 1.807) is 0 Å². The quantitative estimate of drug-likeness (QED) is 0.302. The minimum absolute atomic E-state index is 0.0504. The summed E-state index contributed by atoms with van der Waals surface area (Å²) in [5.74, 6) is -4.48. The molecule has 0 aliphatic heterocycles. The Bertz CT molecular complexity index is 1010. The predicted octanol–water partition coefficient (Wildman–Crippen LogP) is 0.915. The Balaban J connectivity index is 2.12. The molecule has 0 aliphatic rings. The van der Waals surface area contributed by atoms with Gasteiger partial charge >= 0.3 is 0 Å². The number of amides is 2. The van der Waals surface area contributed by atoms with Gasteiger partial charge in [0.2, 0.25) is 11.8 Å². The molecule has 2 rings (SSSR count). The van der Waals surface area contributed by atoms with Crippen molar-refractivity contribution in [2.24, 2.45) is 11.5 Å². The van der Waals surface area contributed by atoms with Crippen molar-refractivity contribution in [2.75, 3.05) is 0 Å². The lowest BCUT2D eigenvalue weighted by Gasteiger charge is -2.28. The van der Waals surface area contributed by atoms with E-state index in [2.05, 4.69) is 5.32 Å². The first kappa shape index (κ1) is 23.5. The largest absolute Gasteiger partial charge is 0.368 e. The number of nitrogens with two attached hydrogens (primary N) is 2. The minimum Gasteiger partial charge on any atom is -0.368 e. The maximum Gasteiger partial charge on any atom is 0.269 e. The van der Waals surface area contributed by atoms with Crippen molar-refractivity contribution in [3.05, 3.63) is 75.3 Å². The number of nitro groups is 1. The molecule has 5 N–H and O–H groups in total. The highest BCUT2D eigenvalue weighted by atomic mass is 19.1. The Morgan fingerprint density at radius 2 is 1.65 bits per heavy atom. The fourth-order valence-electron chi connectivity index (χ4n) is 3.00. The number of nitrogens with one attached hydrogen (secondary N) is 1. The summed E-state index contributed by atoms with van der Waals surface area (Å²) >= 11 is 0. The number of non-ortho nitro benzene ring substituents is 1. The summed E-state index contributed by atoms with van der Waals surface area (Å²) < 4.78 is 26.5. The molecule has 0 bridgehead atoms. The molecule has 0 radical (unpaired) electrons. The van der Waals surface area contributed by atoms with Gasteiger partial charge in [0, 0.05) is 24.6 Å². The molecule has 0 heterocycles. The highest BCUT2D eigenvalue weighted by molar-refractivity contribution is 6.12. The number of hydrogen-bond acceptors (Lipinski definition) is 6. The molecule has 11 heteroatoms. The third kappa shape index (κ3) is 5.89. The van der Waals surface area contributed by atoms with Crippen LogP contribution in [-0.2, 0) is 27.2 Å². The van der Waals surface area contributed by atoms with Crippen molar-refractivity contribution in [1.82, 2.24) is 5.32 Å². The first-order valence-electron chi connectivity index (χ1n) is 9.03. The van der Waals surface area contributed by atoms with Gasteiger partial charge in [-0.1, -0.05) is 12.1 Å². The smallest absolute Gasteiger partial charge is 0.269 e. The van der Waals surface area contributed by atoms with E-state index in [9.17, 15) is 33.3 Å². The summed E-state index contributed by atoms with van der Waals surface area (Å²) in [5, 5.41) is 13.1. The van der Waals surface area contributed by atoms with Gasteiger partial charge in [-0.2, -0.15) is 0 Å². The summed E-state index contributed by atoms with van der Waals surface area (Å²) in [6.45, 7) is 1.28. The Morgan fingerprint density at radius 1 is 1.10 bits per heavy atom. The third-order valence-corrected chi connectivity index (χ3v) is 4.57. The van der Waals surface area contributed by atoms with Gasteiger partial charge in [-0.3, -0.25) is 24.5 Å². The fraction of sp³-hybridized carbons (Fsp3) is 0.250. The van der Waals surface area contributed by atoms with Crippen LogP contribution in [0.15, 0.2) is 42.5 Å². The normalized spacial score (nSPS) is 13.7. The molecule has 2 aromatic rings. The first-order valence-corrected chi connectivity index (χ1v) is 9.03. The maximum atomic E-state index is 13.3. The molecule has 0 aliphatic carbocycles. The number of nitrogens with zero attached hydrogens (tertiary/aromatic N) is 1. The lowest BCUT2D eigenvalue weighted by Crippen LogP contribution is -2.64. The van der Waals surface area contributed by atoms with Gasteiger partial charge in [-0.15, -0.1) is 0 Å². The molecule has 2 aromatic carbocycles. The number of ketones is 1. The van der Waals surface area contributed by atoms with Crippen LogP contribution in [0, 0.1) is 21.7 Å². The van der Waals surface area contributed by atoms with Gasteiger partial charge in [0.05, 0.1) is 17.4 Å². The number of carbonyl (C=O) groups is 3. The Labute approximate surface area is 175 Å². The second kappa shape index (κ2) is 9.39. The number of hydrogen-bond donors (Lipinski definition) is 3. The highest BCUT2D eigenvalue weighted by Crippen LogP contribution is 2.18. The molecule has 0 unspecified atom stereocenters. The van der Waals surface area contributed by atoms with Crippen molar-refractivity contribution in [1.29, 1.82) is 0 Å². The van der Waals surface area contributed by atoms with Crippen LogP contribution >= 0.6 is 0 Å². The van der Waals surface area contributed by atoms with Gasteiger partial charge in [0.15, 0.2) is 11.3 Å². The summed E-state index contributed by atoms with van der Waals surface area (Å²) in [5.41, 5.74) is 9.31. The van der Waals surface area contributed by atoms with Crippen LogP contribution in [0.1, 0.15) is 18.1 Å². The summed E-state index contributed by atoms with van der Waals surface area (Å²) in [4.78, 5) is 47.1. The molecule has 0 saturated carbocycles. The first-order chi connectivity index (χ1) is 14.4. The fourth-order valence-corrected chi connectivity index (χ4v) is 3.00. The maximum absolute atomic E-state index is 13.3. The molecule has 31 heavy (non-hydrogen) atoms. The van der Waals surface area contributed by atoms with Crippen LogP contribution in [0.3, 0.4) is 0 Å². The topological polar surface area (TPSA) is 158 Å². The van der Waals surface area contributed by atoms with Gasteiger partial charge in [-0.25, -0.2) is 8.78 Å². The van der Waals surface area contributed by atoms with E-state index in [4.69, 9.17) is 11.5 Å². The van der Waals surface area contributed by atoms with E-state index in [0.717, 1.165) is 12.1 Å². The molecule has 9 nitrogen and oxygen atoms in total. The number of Topliss-reactive ketones (excluding diaryl/α,β-unsaturated/α-hetero) is 1. The second-order valence-corrected chi connectivity index (χ2v) is 7.04. The van der Waals surface area contributed by atoms with Crippen LogP contribution in [0.25, 0.3) is 0 Å². The summed E-state index contributed by atoms with van der Waals surface area (Å²) in [6.07, 6.45) is -0.767. The number of rotatable bonds is 9. The number of primary amides is 1. The van der Waals surface area contributed by atoms with Crippen LogP contribution in [0.2, 0.25) is 0 Å². The van der Waals surface area contributed by atoms with Crippen molar-refractivity contribution in [2.45, 2.75) is 31.3 Å². The molecule has 0 aromatic heterocycles. The van der Waals surface area contributed by atoms with Crippen LogP contribution in [0.5, 0.6) is 0 Å². The van der Waals surface area contributed by atoms with Crippen LogP contribution in [0.4, 0.5) is 14.5 Å². The van der Waals surface area contributed by atoms with E-state index in [0.29, 0.717) is 11.6 Å². The zero-order valence-corrected chi connectivity index (χ0v) is 16.4. The standard InChI is InChI=1S/C20H20F2N4O5/c1-11(25-17(27)8-13-6-14(21)9-15(22)7-13)18(28)20(24,19(23)29)10-12-2-4-16(5-3-12)26(30)31/h2-7,9,11H,8,10,24H2,1H3,(H2,23,29)(H,25,27)/t11-,20-/m0/s1. The summed E-state index contributed by atoms with van der Waals surface area (Å²) in [6, 6.07) is 6.38. The monoisotopic (exact) mass is 434 g/mol. The van der Waals surface area contributed by atoms with Crippen molar-refractivity contribution in [3.63, 3.8) is 0 Å². The molecule has 0 fully saturated rings. The van der Waals surface area contributed by atoms with E-state index in [-0.39, 0.29) is 17.7 Å². The average molecular weight is 434 g/mol. The molecule has 164 valence electrons. The van der Waals surface area contributed by atoms with Crippen LogP contribution in [-0.4, -0.2) is 34.1 Å². The Morgan fingerprint density at radius 3 is 2.13 bits per heavy atom. The van der Waals surface area contributed by atoms with E-state index in [1.807, 2.05) is 0 Å². The highest BCUT2D eigenvalue weighted by Gasteiger charge is 2.43. The molecule has 2 amide bonds. The minimum atomic E-state index is -2.20. The van der Waals surface area contributed by atoms with Gasteiger partial charge in [-0.05, 0) is 30.2 Å². The molecular weight excluding hydrogens is 414 g/mol. The lowest BCUT2D eigenvalue weighted by molar-refractivity contribution is -0.384. The molecular formula is C20H20F2N4O5. The van der Waals surface area contributed by atoms with Gasteiger partial charge in [0.25, 0.3) is 5.69 Å².